The van der Waals surface area contributed by atoms with Crippen LogP contribution in [0.15, 0.2) is 83.3 Å². The molecule has 0 aliphatic carbocycles. The molecule has 3 rings (SSSR count). The summed E-state index contributed by atoms with van der Waals surface area (Å²) in [5.41, 5.74) is 2.09. The largest absolute Gasteiger partial charge is 0.352 e. The van der Waals surface area contributed by atoms with E-state index in [-0.39, 0.29) is 43.8 Å². The van der Waals surface area contributed by atoms with Crippen LogP contribution < -0.4 is 9.62 Å². The van der Waals surface area contributed by atoms with E-state index in [1.165, 1.54) is 24.3 Å². The second-order valence-electron chi connectivity index (χ2n) is 10.1. The molecule has 3 aromatic carbocycles. The predicted octanol–water partition coefficient (Wildman–Crippen LogP) is 5.69. The minimum absolute atomic E-state index is 0.0170. The van der Waals surface area contributed by atoms with Gasteiger partial charge in [0, 0.05) is 36.4 Å². The van der Waals surface area contributed by atoms with Gasteiger partial charge < -0.3 is 10.2 Å². The monoisotopic (exact) mass is 645 g/mol. The van der Waals surface area contributed by atoms with Gasteiger partial charge in [-0.1, -0.05) is 65.3 Å². The first-order chi connectivity index (χ1) is 19.5. The molecule has 0 spiro atoms. The number of rotatable bonds is 14. The number of sulfonamides is 1. The van der Waals surface area contributed by atoms with E-state index in [0.29, 0.717) is 12.1 Å². The van der Waals surface area contributed by atoms with E-state index in [9.17, 15) is 22.4 Å². The van der Waals surface area contributed by atoms with E-state index in [1.807, 2.05) is 68.4 Å². The third-order valence-corrected chi connectivity index (χ3v) is 8.47. The maximum atomic E-state index is 13.9. The molecule has 0 aromatic heterocycles. The Hall–Kier alpha value is -3.24. The van der Waals surface area contributed by atoms with Crippen LogP contribution in [-0.2, 0) is 32.6 Å². The molecule has 2 atom stereocenters. The fourth-order valence-electron chi connectivity index (χ4n) is 4.44. The van der Waals surface area contributed by atoms with Crippen LogP contribution in [0.2, 0.25) is 0 Å². The van der Waals surface area contributed by atoms with E-state index in [2.05, 4.69) is 21.2 Å². The Kier molecular flexibility index (Phi) is 11.9. The quantitative estimate of drug-likeness (QED) is 0.244. The normalized spacial score (nSPS) is 12.8. The predicted molar refractivity (Wildman–Crippen MR) is 164 cm³/mol. The maximum absolute atomic E-state index is 13.9. The summed E-state index contributed by atoms with van der Waals surface area (Å²) in [6.07, 6.45) is 2.38. The van der Waals surface area contributed by atoms with Crippen LogP contribution in [0, 0.1) is 5.82 Å². The summed E-state index contributed by atoms with van der Waals surface area (Å²) in [5.74, 6) is -0.978. The molecule has 0 saturated carbocycles. The van der Waals surface area contributed by atoms with Crippen molar-refractivity contribution < 1.29 is 22.4 Å². The molecule has 0 heterocycles. The molecular formula is C31H37BrFN3O4S. The molecule has 0 fully saturated rings. The molecule has 0 bridgehead atoms. The molecule has 1 N–H and O–H groups in total. The molecule has 0 saturated heterocycles. The van der Waals surface area contributed by atoms with Crippen LogP contribution in [0.4, 0.5) is 10.1 Å². The van der Waals surface area contributed by atoms with Gasteiger partial charge in [-0.3, -0.25) is 13.9 Å². The highest BCUT2D eigenvalue weighted by molar-refractivity contribution is 9.10. The van der Waals surface area contributed by atoms with Crippen molar-refractivity contribution in [2.75, 3.05) is 17.1 Å². The Bertz CT molecular complexity index is 1400. The molecule has 41 heavy (non-hydrogen) atoms. The van der Waals surface area contributed by atoms with Crippen molar-refractivity contribution in [3.05, 3.63) is 100 Å². The summed E-state index contributed by atoms with van der Waals surface area (Å²) < 4.78 is 40.5. The number of nitrogens with one attached hydrogen (secondary N) is 1. The van der Waals surface area contributed by atoms with E-state index in [1.54, 1.807) is 4.90 Å². The molecule has 2 amide bonds. The smallest absolute Gasteiger partial charge is 0.243 e. The highest BCUT2D eigenvalue weighted by Crippen LogP contribution is 2.21. The zero-order valence-corrected chi connectivity index (χ0v) is 26.0. The fourth-order valence-corrected chi connectivity index (χ4v) is 5.85. The average Bonchev–Trinajstić information content (AvgIpc) is 2.93. The van der Waals surface area contributed by atoms with Crippen molar-refractivity contribution in [3.63, 3.8) is 0 Å². The van der Waals surface area contributed by atoms with Gasteiger partial charge in [0.25, 0.3) is 0 Å². The van der Waals surface area contributed by atoms with Gasteiger partial charge in [-0.25, -0.2) is 12.8 Å². The molecule has 220 valence electrons. The van der Waals surface area contributed by atoms with Gasteiger partial charge in [0.15, 0.2) is 0 Å². The number of nitrogens with zero attached hydrogens (tertiary/aromatic N) is 2. The summed E-state index contributed by atoms with van der Waals surface area (Å²) in [6.45, 7) is 4.14. The Balaban J connectivity index is 1.89. The van der Waals surface area contributed by atoms with Crippen LogP contribution in [-0.4, -0.2) is 50.0 Å². The average molecular weight is 647 g/mol. The zero-order chi connectivity index (χ0) is 30.0. The van der Waals surface area contributed by atoms with E-state index >= 15 is 0 Å². The molecule has 0 unspecified atom stereocenters. The highest BCUT2D eigenvalue weighted by Gasteiger charge is 2.31. The van der Waals surface area contributed by atoms with Crippen molar-refractivity contribution in [2.24, 2.45) is 0 Å². The summed E-state index contributed by atoms with van der Waals surface area (Å²) in [5, 5.41) is 3.04. The van der Waals surface area contributed by atoms with Gasteiger partial charge in [-0.15, -0.1) is 0 Å². The first-order valence-electron chi connectivity index (χ1n) is 13.6. The highest BCUT2D eigenvalue weighted by atomic mass is 79.9. The molecule has 3 aromatic rings. The lowest BCUT2D eigenvalue weighted by Crippen LogP contribution is -2.52. The van der Waals surface area contributed by atoms with Crippen molar-refractivity contribution in [1.82, 2.24) is 10.2 Å². The minimum Gasteiger partial charge on any atom is -0.352 e. The lowest BCUT2D eigenvalue weighted by Gasteiger charge is -2.32. The van der Waals surface area contributed by atoms with Gasteiger partial charge in [0.05, 0.1) is 11.9 Å². The molecule has 7 nitrogen and oxygen atoms in total. The molecule has 0 aliphatic rings. The Morgan fingerprint density at radius 1 is 0.976 bits per heavy atom. The van der Waals surface area contributed by atoms with Crippen molar-refractivity contribution in [3.8, 4) is 0 Å². The number of anilines is 1. The summed E-state index contributed by atoms with van der Waals surface area (Å²) in [4.78, 5) is 29.1. The standard InChI is InChI=1S/C31H37BrFN3O4S/c1-4-23(2)34-31(38)29(21-24-10-6-5-7-11-24)35(22-25-12-8-13-26(32)20-25)30(37)14-9-19-36(41(3,39)40)28-17-15-27(33)16-18-28/h5-8,10-13,15-18,20,23,29H,4,9,14,19,21-22H2,1-3H3,(H,34,38)/t23-,29+/m1/s1. The van der Waals surface area contributed by atoms with Crippen molar-refractivity contribution in [2.45, 2.75) is 58.2 Å². The van der Waals surface area contributed by atoms with Crippen LogP contribution in [0.3, 0.4) is 0 Å². The molecule has 10 heteroatoms. The van der Waals surface area contributed by atoms with Crippen LogP contribution in [0.5, 0.6) is 0 Å². The first kappa shape index (κ1) is 32.3. The van der Waals surface area contributed by atoms with Gasteiger partial charge in [0.2, 0.25) is 21.8 Å². The van der Waals surface area contributed by atoms with E-state index in [4.69, 9.17) is 0 Å². The van der Waals surface area contributed by atoms with Crippen molar-refractivity contribution >= 4 is 43.5 Å². The van der Waals surface area contributed by atoms with E-state index < -0.39 is 21.9 Å². The Morgan fingerprint density at radius 2 is 1.63 bits per heavy atom. The number of hydrogen-bond donors (Lipinski definition) is 1. The van der Waals surface area contributed by atoms with Crippen LogP contribution in [0.1, 0.15) is 44.2 Å². The zero-order valence-electron chi connectivity index (χ0n) is 23.6. The van der Waals surface area contributed by atoms with Gasteiger partial charge in [0.1, 0.15) is 11.9 Å². The number of amides is 2. The summed E-state index contributed by atoms with van der Waals surface area (Å²) in [7, 11) is -3.67. The molecule has 0 radical (unpaired) electrons. The third kappa shape index (κ3) is 9.97. The number of hydrogen-bond acceptors (Lipinski definition) is 4. The summed E-state index contributed by atoms with van der Waals surface area (Å²) >= 11 is 3.49. The maximum Gasteiger partial charge on any atom is 0.243 e. The van der Waals surface area contributed by atoms with Gasteiger partial charge in [-0.05, 0) is 67.3 Å². The first-order valence-corrected chi connectivity index (χ1v) is 16.2. The van der Waals surface area contributed by atoms with Gasteiger partial charge >= 0.3 is 0 Å². The number of carbonyl (C=O) groups is 2. The fraction of sp³-hybridized carbons (Fsp3) is 0.355. The SMILES string of the molecule is CC[C@@H](C)NC(=O)[C@H](Cc1ccccc1)N(Cc1cccc(Br)c1)C(=O)CCCN(c1ccc(F)cc1)S(C)(=O)=O. The molecular weight excluding hydrogens is 609 g/mol. The topological polar surface area (TPSA) is 86.8 Å². The molecule has 0 aliphatic heterocycles. The Labute approximate surface area is 250 Å². The third-order valence-electron chi connectivity index (χ3n) is 6.78. The lowest BCUT2D eigenvalue weighted by atomic mass is 10.0. The number of carbonyl (C=O) groups excluding carboxylic acids is 2. The summed E-state index contributed by atoms with van der Waals surface area (Å²) in [6, 6.07) is 21.5. The van der Waals surface area contributed by atoms with E-state index in [0.717, 1.165) is 32.6 Å². The lowest BCUT2D eigenvalue weighted by molar-refractivity contribution is -0.141. The number of halogens is 2. The van der Waals surface area contributed by atoms with Crippen LogP contribution >= 0.6 is 15.9 Å². The Morgan fingerprint density at radius 3 is 2.24 bits per heavy atom. The minimum atomic E-state index is -3.67. The van der Waals surface area contributed by atoms with Crippen LogP contribution in [0.25, 0.3) is 0 Å². The van der Waals surface area contributed by atoms with Crippen molar-refractivity contribution in [1.29, 1.82) is 0 Å². The second kappa shape index (κ2) is 15.1. The van der Waals surface area contributed by atoms with Gasteiger partial charge in [-0.2, -0.15) is 0 Å². The number of benzene rings is 3. The second-order valence-corrected chi connectivity index (χ2v) is 12.9.